The highest BCUT2D eigenvalue weighted by atomic mass is 16.5. The predicted molar refractivity (Wildman–Crippen MR) is 81.8 cm³/mol. The van der Waals surface area contributed by atoms with E-state index in [4.69, 9.17) is 4.74 Å². The van der Waals surface area contributed by atoms with E-state index in [2.05, 4.69) is 43.1 Å². The van der Waals surface area contributed by atoms with Crippen LogP contribution in [0.3, 0.4) is 0 Å². The van der Waals surface area contributed by atoms with Crippen LogP contribution in [0.1, 0.15) is 26.7 Å². The van der Waals surface area contributed by atoms with E-state index in [1.165, 1.54) is 20.0 Å². The molecule has 0 aromatic carbocycles. The van der Waals surface area contributed by atoms with Crippen LogP contribution in [0.4, 0.5) is 0 Å². The molecule has 118 valence electrons. The van der Waals surface area contributed by atoms with E-state index in [1.54, 1.807) is 0 Å². The van der Waals surface area contributed by atoms with Crippen molar-refractivity contribution in [3.05, 3.63) is 0 Å². The zero-order chi connectivity index (χ0) is 15.1. The largest absolute Gasteiger partial charge is 0.468 e. The monoisotopic (exact) mass is 285 g/mol. The molecule has 1 saturated carbocycles. The molecule has 0 heterocycles. The van der Waals surface area contributed by atoms with E-state index in [-0.39, 0.29) is 12.0 Å². The van der Waals surface area contributed by atoms with Gasteiger partial charge in [0.15, 0.2) is 0 Å². The summed E-state index contributed by atoms with van der Waals surface area (Å²) in [6, 6.07) is 0.308. The zero-order valence-electron chi connectivity index (χ0n) is 13.7. The first-order valence-electron chi connectivity index (χ1n) is 7.63. The average molecular weight is 285 g/mol. The Balaban J connectivity index is 2.53. The van der Waals surface area contributed by atoms with Gasteiger partial charge in [0.25, 0.3) is 0 Å². The van der Waals surface area contributed by atoms with Crippen molar-refractivity contribution in [3.8, 4) is 0 Å². The van der Waals surface area contributed by atoms with Crippen molar-refractivity contribution in [1.82, 2.24) is 15.1 Å². The lowest BCUT2D eigenvalue weighted by molar-refractivity contribution is -0.143. The fourth-order valence-corrected chi connectivity index (χ4v) is 2.25. The SMILES string of the molecule is COC(=O)C(CN(CCN(C)C)CC(C)C)NC1CC1. The minimum Gasteiger partial charge on any atom is -0.468 e. The van der Waals surface area contributed by atoms with Crippen LogP contribution in [-0.2, 0) is 9.53 Å². The lowest BCUT2D eigenvalue weighted by atomic mass is 10.2. The van der Waals surface area contributed by atoms with Gasteiger partial charge in [0.2, 0.25) is 0 Å². The van der Waals surface area contributed by atoms with Crippen molar-refractivity contribution in [2.45, 2.75) is 38.8 Å². The summed E-state index contributed by atoms with van der Waals surface area (Å²) in [7, 11) is 5.62. The van der Waals surface area contributed by atoms with Gasteiger partial charge in [-0.05, 0) is 32.9 Å². The number of likely N-dealkylation sites (N-methyl/N-ethyl adjacent to an activating group) is 1. The van der Waals surface area contributed by atoms with Crippen molar-refractivity contribution in [1.29, 1.82) is 0 Å². The number of methoxy groups -OCH3 is 1. The molecule has 0 amide bonds. The van der Waals surface area contributed by atoms with E-state index in [0.29, 0.717) is 12.0 Å². The summed E-state index contributed by atoms with van der Waals surface area (Å²) in [4.78, 5) is 16.5. The van der Waals surface area contributed by atoms with Gasteiger partial charge in [0.1, 0.15) is 6.04 Å². The highest BCUT2D eigenvalue weighted by molar-refractivity contribution is 5.76. The Morgan fingerprint density at radius 1 is 1.25 bits per heavy atom. The van der Waals surface area contributed by atoms with Gasteiger partial charge in [0.05, 0.1) is 7.11 Å². The summed E-state index contributed by atoms with van der Waals surface area (Å²) in [5.74, 6) is 0.451. The fraction of sp³-hybridized carbons (Fsp3) is 0.933. The number of esters is 1. The summed E-state index contributed by atoms with van der Waals surface area (Å²) in [6.07, 6.45) is 2.35. The molecule has 0 radical (unpaired) electrons. The van der Waals surface area contributed by atoms with Crippen LogP contribution in [0.5, 0.6) is 0 Å². The molecule has 1 fully saturated rings. The molecule has 1 unspecified atom stereocenters. The molecule has 1 N–H and O–H groups in total. The van der Waals surface area contributed by atoms with Gasteiger partial charge < -0.3 is 15.0 Å². The first-order chi connectivity index (χ1) is 9.42. The molecule has 0 spiro atoms. The van der Waals surface area contributed by atoms with Crippen LogP contribution in [-0.4, -0.2) is 75.2 Å². The van der Waals surface area contributed by atoms with Crippen LogP contribution < -0.4 is 5.32 Å². The molecule has 1 aliphatic rings. The molecule has 0 aliphatic heterocycles. The van der Waals surface area contributed by atoms with Crippen LogP contribution in [0, 0.1) is 5.92 Å². The first-order valence-corrected chi connectivity index (χ1v) is 7.63. The second-order valence-corrected chi connectivity index (χ2v) is 6.47. The Labute approximate surface area is 123 Å². The van der Waals surface area contributed by atoms with Crippen molar-refractivity contribution < 1.29 is 9.53 Å². The summed E-state index contributed by atoms with van der Waals surface area (Å²) in [5, 5.41) is 3.40. The van der Waals surface area contributed by atoms with Gasteiger partial charge in [-0.25, -0.2) is 0 Å². The highest BCUT2D eigenvalue weighted by Gasteiger charge is 2.30. The van der Waals surface area contributed by atoms with Crippen molar-refractivity contribution in [2.24, 2.45) is 5.92 Å². The topological polar surface area (TPSA) is 44.8 Å². The van der Waals surface area contributed by atoms with E-state index >= 15 is 0 Å². The molecular weight excluding hydrogens is 254 g/mol. The van der Waals surface area contributed by atoms with Crippen molar-refractivity contribution in [3.63, 3.8) is 0 Å². The molecule has 5 heteroatoms. The molecule has 1 rings (SSSR count). The Morgan fingerprint density at radius 3 is 2.35 bits per heavy atom. The maximum Gasteiger partial charge on any atom is 0.324 e. The second kappa shape index (κ2) is 8.60. The molecule has 20 heavy (non-hydrogen) atoms. The molecule has 1 aliphatic carbocycles. The molecule has 0 aromatic rings. The number of rotatable bonds is 10. The number of nitrogens with one attached hydrogen (secondary N) is 1. The minimum atomic E-state index is -0.201. The third-order valence-electron chi connectivity index (χ3n) is 3.43. The lowest BCUT2D eigenvalue weighted by Crippen LogP contribution is -2.49. The minimum absolute atomic E-state index is 0.143. The number of ether oxygens (including phenoxy) is 1. The van der Waals surface area contributed by atoms with Crippen molar-refractivity contribution >= 4 is 5.97 Å². The summed E-state index contributed by atoms with van der Waals surface area (Å²) in [5.41, 5.74) is 0. The molecule has 5 nitrogen and oxygen atoms in total. The number of carbonyl (C=O) groups is 1. The maximum atomic E-state index is 11.9. The van der Waals surface area contributed by atoms with Gasteiger partial charge in [0, 0.05) is 32.2 Å². The highest BCUT2D eigenvalue weighted by Crippen LogP contribution is 2.20. The number of carbonyl (C=O) groups excluding carboxylic acids is 1. The smallest absolute Gasteiger partial charge is 0.324 e. The van der Waals surface area contributed by atoms with E-state index in [9.17, 15) is 4.79 Å². The molecular formula is C15H31N3O2. The van der Waals surface area contributed by atoms with Crippen LogP contribution in [0.15, 0.2) is 0 Å². The van der Waals surface area contributed by atoms with Crippen molar-refractivity contribution in [2.75, 3.05) is 47.4 Å². The molecule has 1 atom stereocenters. The lowest BCUT2D eigenvalue weighted by Gasteiger charge is -2.29. The Morgan fingerprint density at radius 2 is 1.90 bits per heavy atom. The summed E-state index contributed by atoms with van der Waals surface area (Å²) < 4.78 is 4.93. The number of hydrogen-bond donors (Lipinski definition) is 1. The Hall–Kier alpha value is -0.650. The van der Waals surface area contributed by atoms with Gasteiger partial charge in [-0.1, -0.05) is 13.8 Å². The van der Waals surface area contributed by atoms with Crippen LogP contribution in [0.2, 0.25) is 0 Å². The average Bonchev–Trinajstić information content (AvgIpc) is 3.17. The quantitative estimate of drug-likeness (QED) is 0.602. The Kier molecular flexibility index (Phi) is 7.48. The number of hydrogen-bond acceptors (Lipinski definition) is 5. The standard InChI is InChI=1S/C15H31N3O2/c1-12(2)10-18(9-8-17(3)4)11-14(15(19)20-5)16-13-6-7-13/h12-14,16H,6-11H2,1-5H3. The molecule has 0 bridgehead atoms. The summed E-state index contributed by atoms with van der Waals surface area (Å²) in [6.45, 7) is 8.15. The fourth-order valence-electron chi connectivity index (χ4n) is 2.25. The zero-order valence-corrected chi connectivity index (χ0v) is 13.7. The van der Waals surface area contributed by atoms with E-state index < -0.39 is 0 Å². The normalized spacial score (nSPS) is 17.0. The Bertz CT molecular complexity index is 291. The van der Waals surface area contributed by atoms with Gasteiger partial charge >= 0.3 is 5.97 Å². The maximum absolute atomic E-state index is 11.9. The predicted octanol–water partition coefficient (Wildman–Crippen LogP) is 0.800. The van der Waals surface area contributed by atoms with Crippen LogP contribution >= 0.6 is 0 Å². The second-order valence-electron chi connectivity index (χ2n) is 6.47. The van der Waals surface area contributed by atoms with Gasteiger partial charge in [-0.2, -0.15) is 0 Å². The third kappa shape index (κ3) is 7.22. The molecule has 0 aromatic heterocycles. The number of nitrogens with zero attached hydrogens (tertiary/aromatic N) is 2. The van der Waals surface area contributed by atoms with E-state index in [1.807, 2.05) is 0 Å². The van der Waals surface area contributed by atoms with Gasteiger partial charge in [-0.15, -0.1) is 0 Å². The third-order valence-corrected chi connectivity index (χ3v) is 3.43. The van der Waals surface area contributed by atoms with Crippen LogP contribution in [0.25, 0.3) is 0 Å². The van der Waals surface area contributed by atoms with Gasteiger partial charge in [-0.3, -0.25) is 9.69 Å². The first kappa shape index (κ1) is 17.4. The molecule has 0 saturated heterocycles. The van der Waals surface area contributed by atoms with E-state index in [0.717, 1.165) is 26.2 Å². The summed E-state index contributed by atoms with van der Waals surface area (Å²) >= 11 is 0.